The first-order chi connectivity index (χ1) is 11.1. The zero-order valence-corrected chi connectivity index (χ0v) is 12.9. The van der Waals surface area contributed by atoms with Crippen LogP contribution in [0.1, 0.15) is 22.5 Å². The van der Waals surface area contributed by atoms with Gasteiger partial charge < -0.3 is 10.2 Å². The summed E-state index contributed by atoms with van der Waals surface area (Å²) in [6.45, 7) is 0.507. The van der Waals surface area contributed by atoms with Gasteiger partial charge in [-0.25, -0.2) is 8.78 Å². The minimum absolute atomic E-state index is 0.171. The molecule has 120 valence electrons. The summed E-state index contributed by atoms with van der Waals surface area (Å²) in [4.78, 5) is 26.9. The van der Waals surface area contributed by atoms with E-state index in [1.54, 1.807) is 17.5 Å². The van der Waals surface area contributed by atoms with Crippen LogP contribution in [0.3, 0.4) is 0 Å². The maximum Gasteiger partial charge on any atom is 0.264 e. The number of carbonyl (C=O) groups is 2. The number of rotatable bonds is 3. The van der Waals surface area contributed by atoms with Gasteiger partial charge in [-0.1, -0.05) is 6.07 Å². The second kappa shape index (κ2) is 6.45. The number of likely N-dealkylation sites (tertiary alicyclic amines) is 1. The molecule has 1 aromatic carbocycles. The minimum Gasteiger partial charge on any atom is -0.326 e. The lowest BCUT2D eigenvalue weighted by atomic mass is 10.2. The van der Waals surface area contributed by atoms with Gasteiger partial charge in [0, 0.05) is 18.3 Å². The van der Waals surface area contributed by atoms with Crippen molar-refractivity contribution >= 4 is 28.8 Å². The number of carbonyl (C=O) groups excluding carboxylic acids is 2. The summed E-state index contributed by atoms with van der Waals surface area (Å²) in [6, 6.07) is 6.07. The molecular formula is C16H14F2N2O2S. The smallest absolute Gasteiger partial charge is 0.264 e. The molecule has 2 aromatic rings. The number of hydrogen-bond donors (Lipinski definition) is 1. The first kappa shape index (κ1) is 15.6. The standard InChI is InChI=1S/C16H14F2N2O2S/c17-11-6-5-10(9-12(11)18)19-15(21)13-3-1-7-20(13)16(22)14-4-2-8-23-14/h2,4-6,8-9,13H,1,3,7H2,(H,19,21). The Kier molecular flexibility index (Phi) is 4.38. The van der Waals surface area contributed by atoms with Crippen molar-refractivity contribution in [1.82, 2.24) is 4.90 Å². The van der Waals surface area contributed by atoms with Gasteiger partial charge >= 0.3 is 0 Å². The predicted molar refractivity (Wildman–Crippen MR) is 83.4 cm³/mol. The fourth-order valence-electron chi connectivity index (χ4n) is 2.62. The van der Waals surface area contributed by atoms with Gasteiger partial charge in [-0.05, 0) is 36.4 Å². The van der Waals surface area contributed by atoms with Crippen molar-refractivity contribution in [3.8, 4) is 0 Å². The van der Waals surface area contributed by atoms with Crippen LogP contribution in [0.15, 0.2) is 35.7 Å². The van der Waals surface area contributed by atoms with Gasteiger partial charge in [-0.15, -0.1) is 11.3 Å². The molecule has 0 radical (unpaired) electrons. The van der Waals surface area contributed by atoms with E-state index in [0.29, 0.717) is 17.8 Å². The van der Waals surface area contributed by atoms with Crippen molar-refractivity contribution in [1.29, 1.82) is 0 Å². The van der Waals surface area contributed by atoms with Gasteiger partial charge in [0.2, 0.25) is 5.91 Å². The molecule has 1 aliphatic rings. The van der Waals surface area contributed by atoms with Crippen LogP contribution in [0, 0.1) is 11.6 Å². The fraction of sp³-hybridized carbons (Fsp3) is 0.250. The number of thiophene rings is 1. The lowest BCUT2D eigenvalue weighted by Crippen LogP contribution is -2.42. The topological polar surface area (TPSA) is 49.4 Å². The maximum atomic E-state index is 13.2. The summed E-state index contributed by atoms with van der Waals surface area (Å²) >= 11 is 1.32. The Morgan fingerprint density at radius 3 is 2.74 bits per heavy atom. The second-order valence-electron chi connectivity index (χ2n) is 5.25. The van der Waals surface area contributed by atoms with Crippen LogP contribution >= 0.6 is 11.3 Å². The quantitative estimate of drug-likeness (QED) is 0.935. The molecule has 0 bridgehead atoms. The van der Waals surface area contributed by atoms with E-state index in [2.05, 4.69) is 5.32 Å². The summed E-state index contributed by atoms with van der Waals surface area (Å²) in [5.41, 5.74) is 0.171. The number of anilines is 1. The third-order valence-corrected chi connectivity index (χ3v) is 4.59. The van der Waals surface area contributed by atoms with Crippen LogP contribution in [0.2, 0.25) is 0 Å². The third-order valence-electron chi connectivity index (χ3n) is 3.74. The predicted octanol–water partition coefficient (Wildman–Crippen LogP) is 3.27. The SMILES string of the molecule is O=C(Nc1ccc(F)c(F)c1)C1CCCN1C(=O)c1cccs1. The van der Waals surface area contributed by atoms with Crippen LogP contribution in [-0.2, 0) is 4.79 Å². The fourth-order valence-corrected chi connectivity index (χ4v) is 3.30. The normalized spacial score (nSPS) is 17.3. The van der Waals surface area contributed by atoms with Crippen LogP contribution in [0.25, 0.3) is 0 Å². The maximum absolute atomic E-state index is 13.2. The van der Waals surface area contributed by atoms with Gasteiger partial charge in [-0.3, -0.25) is 9.59 Å². The van der Waals surface area contributed by atoms with E-state index in [1.165, 1.54) is 22.3 Å². The zero-order chi connectivity index (χ0) is 16.4. The number of halogens is 2. The van der Waals surface area contributed by atoms with Crippen molar-refractivity contribution in [3.63, 3.8) is 0 Å². The Labute approximate surface area is 135 Å². The first-order valence-corrected chi connectivity index (χ1v) is 8.04. The van der Waals surface area contributed by atoms with Gasteiger partial charge in [0.05, 0.1) is 4.88 Å². The second-order valence-corrected chi connectivity index (χ2v) is 6.20. The van der Waals surface area contributed by atoms with E-state index in [0.717, 1.165) is 18.6 Å². The van der Waals surface area contributed by atoms with Gasteiger partial charge in [0.15, 0.2) is 11.6 Å². The number of nitrogens with zero attached hydrogens (tertiary/aromatic N) is 1. The zero-order valence-electron chi connectivity index (χ0n) is 12.1. The van der Waals surface area contributed by atoms with Crippen molar-refractivity contribution in [2.75, 3.05) is 11.9 Å². The number of nitrogens with one attached hydrogen (secondary N) is 1. The van der Waals surface area contributed by atoms with Crippen molar-refractivity contribution in [3.05, 3.63) is 52.2 Å². The summed E-state index contributed by atoms with van der Waals surface area (Å²) in [5.74, 6) is -2.57. The number of amides is 2. The Morgan fingerprint density at radius 1 is 1.22 bits per heavy atom. The number of benzene rings is 1. The van der Waals surface area contributed by atoms with E-state index in [4.69, 9.17) is 0 Å². The van der Waals surface area contributed by atoms with E-state index < -0.39 is 23.6 Å². The van der Waals surface area contributed by atoms with Crippen molar-refractivity contribution in [2.45, 2.75) is 18.9 Å². The van der Waals surface area contributed by atoms with Crippen LogP contribution in [-0.4, -0.2) is 29.3 Å². The molecule has 1 fully saturated rings. The molecule has 2 heterocycles. The van der Waals surface area contributed by atoms with Gasteiger partial charge in [0.1, 0.15) is 6.04 Å². The molecule has 4 nitrogen and oxygen atoms in total. The number of hydrogen-bond acceptors (Lipinski definition) is 3. The molecule has 23 heavy (non-hydrogen) atoms. The lowest BCUT2D eigenvalue weighted by Gasteiger charge is -2.23. The lowest BCUT2D eigenvalue weighted by molar-refractivity contribution is -0.119. The summed E-state index contributed by atoms with van der Waals surface area (Å²) in [7, 11) is 0. The van der Waals surface area contributed by atoms with Gasteiger partial charge in [-0.2, -0.15) is 0 Å². The van der Waals surface area contributed by atoms with Crippen molar-refractivity contribution < 1.29 is 18.4 Å². The van der Waals surface area contributed by atoms with Crippen LogP contribution in [0.5, 0.6) is 0 Å². The van der Waals surface area contributed by atoms with Gasteiger partial charge in [0.25, 0.3) is 5.91 Å². The molecule has 7 heteroatoms. The molecule has 1 saturated heterocycles. The average Bonchev–Trinajstić information content (AvgIpc) is 3.21. The average molecular weight is 336 g/mol. The summed E-state index contributed by atoms with van der Waals surface area (Å²) in [6.07, 6.45) is 1.28. The summed E-state index contributed by atoms with van der Waals surface area (Å²) in [5, 5.41) is 4.35. The van der Waals surface area contributed by atoms with Crippen molar-refractivity contribution in [2.24, 2.45) is 0 Å². The minimum atomic E-state index is -1.03. The van der Waals surface area contributed by atoms with E-state index >= 15 is 0 Å². The molecule has 1 aliphatic heterocycles. The summed E-state index contributed by atoms with van der Waals surface area (Å²) < 4.78 is 26.1. The molecule has 0 aliphatic carbocycles. The monoisotopic (exact) mass is 336 g/mol. The highest BCUT2D eigenvalue weighted by atomic mass is 32.1. The highest BCUT2D eigenvalue weighted by Gasteiger charge is 2.34. The van der Waals surface area contributed by atoms with E-state index in [-0.39, 0.29) is 11.6 Å². The van der Waals surface area contributed by atoms with Crippen LogP contribution < -0.4 is 5.32 Å². The Balaban J connectivity index is 1.73. The van der Waals surface area contributed by atoms with E-state index in [9.17, 15) is 18.4 Å². The molecule has 3 rings (SSSR count). The Hall–Kier alpha value is -2.28. The highest BCUT2D eigenvalue weighted by molar-refractivity contribution is 7.12. The molecule has 1 unspecified atom stereocenters. The van der Waals surface area contributed by atoms with Crippen LogP contribution in [0.4, 0.5) is 14.5 Å². The highest BCUT2D eigenvalue weighted by Crippen LogP contribution is 2.23. The Bertz CT molecular complexity index is 734. The third kappa shape index (κ3) is 3.24. The largest absolute Gasteiger partial charge is 0.326 e. The molecule has 1 N–H and O–H groups in total. The molecule has 0 saturated carbocycles. The molecule has 1 aromatic heterocycles. The first-order valence-electron chi connectivity index (χ1n) is 7.16. The molecule has 0 spiro atoms. The Morgan fingerprint density at radius 2 is 2.04 bits per heavy atom. The molecule has 2 amide bonds. The molecular weight excluding hydrogens is 322 g/mol. The van der Waals surface area contributed by atoms with E-state index in [1.807, 2.05) is 0 Å². The molecule has 1 atom stereocenters.